The zero-order valence-corrected chi connectivity index (χ0v) is 16.1. The molecule has 1 heterocycles. The molecule has 0 bridgehead atoms. The molecule has 5 nitrogen and oxygen atoms in total. The average Bonchev–Trinajstić information content (AvgIpc) is 2.72. The van der Waals surface area contributed by atoms with Crippen LogP contribution < -0.4 is 5.32 Å². The summed E-state index contributed by atoms with van der Waals surface area (Å²) in [6, 6.07) is 20.5. The molecule has 3 aromatic rings. The third-order valence-corrected chi connectivity index (χ3v) is 4.40. The molecule has 0 saturated carbocycles. The molecule has 0 aliphatic heterocycles. The molecule has 0 unspecified atom stereocenters. The molecular weight excluding hydrogens is 350 g/mol. The molecule has 0 saturated heterocycles. The van der Waals surface area contributed by atoms with Crippen molar-refractivity contribution in [3.63, 3.8) is 0 Å². The van der Waals surface area contributed by atoms with E-state index < -0.39 is 0 Å². The van der Waals surface area contributed by atoms with E-state index in [2.05, 4.69) is 10.3 Å². The number of amides is 2. The Kier molecular flexibility index (Phi) is 6.17. The summed E-state index contributed by atoms with van der Waals surface area (Å²) in [7, 11) is 0. The van der Waals surface area contributed by atoms with Gasteiger partial charge in [-0.3, -0.25) is 14.6 Å². The topological polar surface area (TPSA) is 62.3 Å². The standard InChI is InChI=1S/C23H23N3O2/c1-3-26(16-18-9-5-4-6-10-18)23(28)19-12-13-24-21(15-19)22(27)25-20-11-7-8-17(2)14-20/h4-15H,3,16H2,1-2H3,(H,25,27). The minimum Gasteiger partial charge on any atom is -0.335 e. The summed E-state index contributed by atoms with van der Waals surface area (Å²) in [5.74, 6) is -0.468. The summed E-state index contributed by atoms with van der Waals surface area (Å²) in [5.41, 5.74) is 3.46. The molecule has 0 fully saturated rings. The van der Waals surface area contributed by atoms with E-state index in [1.807, 2.05) is 68.4 Å². The number of anilines is 1. The molecule has 0 spiro atoms. The van der Waals surface area contributed by atoms with Crippen molar-refractivity contribution in [3.8, 4) is 0 Å². The number of aromatic nitrogens is 1. The van der Waals surface area contributed by atoms with Crippen molar-refractivity contribution in [2.75, 3.05) is 11.9 Å². The normalized spacial score (nSPS) is 10.4. The Hall–Kier alpha value is -3.47. The summed E-state index contributed by atoms with van der Waals surface area (Å²) >= 11 is 0. The van der Waals surface area contributed by atoms with Gasteiger partial charge in [-0.15, -0.1) is 0 Å². The number of carbonyl (C=O) groups excluding carboxylic acids is 2. The number of hydrogen-bond donors (Lipinski definition) is 1. The van der Waals surface area contributed by atoms with Crippen molar-refractivity contribution in [2.24, 2.45) is 0 Å². The second kappa shape index (κ2) is 8.95. The molecule has 0 atom stereocenters. The number of nitrogens with one attached hydrogen (secondary N) is 1. The molecule has 0 aliphatic rings. The van der Waals surface area contributed by atoms with Gasteiger partial charge in [0.15, 0.2) is 0 Å². The largest absolute Gasteiger partial charge is 0.335 e. The lowest BCUT2D eigenvalue weighted by Crippen LogP contribution is -2.30. The van der Waals surface area contributed by atoms with Gasteiger partial charge in [0.05, 0.1) is 0 Å². The van der Waals surface area contributed by atoms with E-state index in [4.69, 9.17) is 0 Å². The molecule has 3 rings (SSSR count). The van der Waals surface area contributed by atoms with Crippen molar-refractivity contribution < 1.29 is 9.59 Å². The number of hydrogen-bond acceptors (Lipinski definition) is 3. The Morgan fingerprint density at radius 1 is 1.00 bits per heavy atom. The van der Waals surface area contributed by atoms with E-state index >= 15 is 0 Å². The van der Waals surface area contributed by atoms with Gasteiger partial charge in [0.2, 0.25) is 0 Å². The first-order valence-electron chi connectivity index (χ1n) is 9.24. The molecule has 28 heavy (non-hydrogen) atoms. The van der Waals surface area contributed by atoms with Gasteiger partial charge < -0.3 is 10.2 Å². The number of benzene rings is 2. The van der Waals surface area contributed by atoms with Crippen LogP contribution in [0.1, 0.15) is 38.9 Å². The summed E-state index contributed by atoms with van der Waals surface area (Å²) in [5, 5.41) is 2.82. The Bertz CT molecular complexity index is 970. The Balaban J connectivity index is 1.75. The second-order valence-corrected chi connectivity index (χ2v) is 6.56. The van der Waals surface area contributed by atoms with Crippen molar-refractivity contribution >= 4 is 17.5 Å². The maximum absolute atomic E-state index is 12.9. The fraction of sp³-hybridized carbons (Fsp3) is 0.174. The first-order chi connectivity index (χ1) is 13.6. The molecule has 0 radical (unpaired) electrons. The highest BCUT2D eigenvalue weighted by Gasteiger charge is 2.17. The molecule has 2 amide bonds. The number of rotatable bonds is 6. The molecule has 1 N–H and O–H groups in total. The van der Waals surface area contributed by atoms with E-state index in [1.165, 1.54) is 6.20 Å². The minimum absolute atomic E-state index is 0.127. The van der Waals surface area contributed by atoms with Gasteiger partial charge in [0, 0.05) is 30.5 Å². The van der Waals surface area contributed by atoms with Crippen LogP contribution in [0.15, 0.2) is 72.9 Å². The number of aryl methyl sites for hydroxylation is 1. The van der Waals surface area contributed by atoms with E-state index in [0.29, 0.717) is 24.3 Å². The van der Waals surface area contributed by atoms with Gasteiger partial charge >= 0.3 is 0 Å². The maximum atomic E-state index is 12.9. The highest BCUT2D eigenvalue weighted by atomic mass is 16.2. The smallest absolute Gasteiger partial charge is 0.274 e. The maximum Gasteiger partial charge on any atom is 0.274 e. The van der Waals surface area contributed by atoms with Crippen molar-refractivity contribution in [2.45, 2.75) is 20.4 Å². The molecule has 1 aromatic heterocycles. The molecule has 142 valence electrons. The van der Waals surface area contributed by atoms with Crippen LogP contribution in [0.3, 0.4) is 0 Å². The van der Waals surface area contributed by atoms with Gasteiger partial charge in [-0.25, -0.2) is 0 Å². The van der Waals surface area contributed by atoms with Gasteiger partial charge in [0.1, 0.15) is 5.69 Å². The molecule has 0 aliphatic carbocycles. The molecule has 2 aromatic carbocycles. The third-order valence-electron chi connectivity index (χ3n) is 4.40. The van der Waals surface area contributed by atoms with Gasteiger partial charge in [0.25, 0.3) is 11.8 Å². The van der Waals surface area contributed by atoms with Gasteiger partial charge in [-0.1, -0.05) is 42.5 Å². The van der Waals surface area contributed by atoms with Crippen LogP contribution in [0.25, 0.3) is 0 Å². The number of pyridine rings is 1. The van der Waals surface area contributed by atoms with Gasteiger partial charge in [-0.2, -0.15) is 0 Å². The van der Waals surface area contributed by atoms with Crippen LogP contribution in [0, 0.1) is 6.92 Å². The quantitative estimate of drug-likeness (QED) is 0.700. The SMILES string of the molecule is CCN(Cc1ccccc1)C(=O)c1ccnc(C(=O)Nc2cccc(C)c2)c1. The summed E-state index contributed by atoms with van der Waals surface area (Å²) in [4.78, 5) is 31.3. The van der Waals surface area contributed by atoms with Crippen molar-refractivity contribution in [3.05, 3.63) is 95.3 Å². The summed E-state index contributed by atoms with van der Waals surface area (Å²) in [6.07, 6.45) is 1.49. The number of carbonyl (C=O) groups is 2. The summed E-state index contributed by atoms with van der Waals surface area (Å²) in [6.45, 7) is 4.98. The van der Waals surface area contributed by atoms with Crippen LogP contribution in [0.2, 0.25) is 0 Å². The van der Waals surface area contributed by atoms with Gasteiger partial charge in [-0.05, 0) is 49.2 Å². The fourth-order valence-electron chi connectivity index (χ4n) is 2.92. The first-order valence-corrected chi connectivity index (χ1v) is 9.24. The predicted octanol–water partition coefficient (Wildman–Crippen LogP) is 4.30. The predicted molar refractivity (Wildman–Crippen MR) is 110 cm³/mol. The monoisotopic (exact) mass is 373 g/mol. The number of nitrogens with zero attached hydrogens (tertiary/aromatic N) is 2. The van der Waals surface area contributed by atoms with Crippen LogP contribution in [-0.2, 0) is 6.54 Å². The van der Waals surface area contributed by atoms with E-state index in [1.54, 1.807) is 17.0 Å². The highest BCUT2D eigenvalue weighted by Crippen LogP contribution is 2.13. The van der Waals surface area contributed by atoms with Crippen LogP contribution in [0.4, 0.5) is 5.69 Å². The zero-order chi connectivity index (χ0) is 19.9. The van der Waals surface area contributed by atoms with Crippen molar-refractivity contribution in [1.29, 1.82) is 0 Å². The minimum atomic E-state index is -0.341. The second-order valence-electron chi connectivity index (χ2n) is 6.56. The average molecular weight is 373 g/mol. The first kappa shape index (κ1) is 19.3. The van der Waals surface area contributed by atoms with E-state index in [-0.39, 0.29) is 17.5 Å². The zero-order valence-electron chi connectivity index (χ0n) is 16.1. The Morgan fingerprint density at radius 3 is 2.50 bits per heavy atom. The van der Waals surface area contributed by atoms with Crippen LogP contribution >= 0.6 is 0 Å². The van der Waals surface area contributed by atoms with E-state index in [9.17, 15) is 9.59 Å². The molecule has 5 heteroatoms. The third kappa shape index (κ3) is 4.82. The Morgan fingerprint density at radius 2 is 1.79 bits per heavy atom. The lowest BCUT2D eigenvalue weighted by Gasteiger charge is -2.21. The van der Waals surface area contributed by atoms with Crippen LogP contribution in [0.5, 0.6) is 0 Å². The van der Waals surface area contributed by atoms with Crippen LogP contribution in [-0.4, -0.2) is 28.2 Å². The van der Waals surface area contributed by atoms with Crippen molar-refractivity contribution in [1.82, 2.24) is 9.88 Å². The highest BCUT2D eigenvalue weighted by molar-refractivity contribution is 6.04. The van der Waals surface area contributed by atoms with E-state index in [0.717, 1.165) is 11.1 Å². The Labute approximate surface area is 165 Å². The summed E-state index contributed by atoms with van der Waals surface area (Å²) < 4.78 is 0. The lowest BCUT2D eigenvalue weighted by atomic mass is 10.1. The fourth-order valence-corrected chi connectivity index (χ4v) is 2.92. The lowest BCUT2D eigenvalue weighted by molar-refractivity contribution is 0.0752. The molecular formula is C23H23N3O2.